The van der Waals surface area contributed by atoms with Gasteiger partial charge in [-0.2, -0.15) is 9.37 Å². The van der Waals surface area contributed by atoms with Gasteiger partial charge in [0, 0.05) is 24.6 Å². The van der Waals surface area contributed by atoms with Crippen LogP contribution in [-0.2, 0) is 40.2 Å². The van der Waals surface area contributed by atoms with E-state index in [9.17, 15) is 4.79 Å². The first-order valence-electron chi connectivity index (χ1n) is 24.2. The maximum Gasteiger partial charge on any atom is 0.415 e. The molecule has 0 radical (unpaired) electrons. The zero-order chi connectivity index (χ0) is 51.2. The van der Waals surface area contributed by atoms with E-state index >= 15 is 18.8 Å². The summed E-state index contributed by atoms with van der Waals surface area (Å²) in [5.74, 6) is -6.60. The van der Waals surface area contributed by atoms with Crippen molar-refractivity contribution in [2.45, 2.75) is 97.1 Å². The second-order valence-corrected chi connectivity index (χ2v) is 26.8. The molecule has 1 unspecified atom stereocenters. The number of halogens is 1. The Hall–Kier alpha value is -6.07. The average molecular weight is 988 g/mol. The second kappa shape index (κ2) is 19.9. The summed E-state index contributed by atoms with van der Waals surface area (Å²) < 4.78 is 49.5. The van der Waals surface area contributed by atoms with Crippen LogP contribution in [0.4, 0.5) is 15.0 Å². The number of ether oxygens (including phenoxy) is 3. The molecule has 5 atom stereocenters. The number of ketones is 3. The highest BCUT2D eigenvalue weighted by molar-refractivity contribution is 6.74. The summed E-state index contributed by atoms with van der Waals surface area (Å²) in [5.41, 5.74) is -0.844. The number of amides is 1. The number of anilines is 1. The van der Waals surface area contributed by atoms with E-state index in [0.717, 1.165) is 16.7 Å². The molecule has 14 nitrogen and oxygen atoms in total. The normalized spacial score (nSPS) is 21.1. The lowest BCUT2D eigenvalue weighted by molar-refractivity contribution is -0.151. The molecule has 3 aliphatic rings. The zero-order valence-corrected chi connectivity index (χ0v) is 43.7. The minimum atomic E-state index is -3.09. The highest BCUT2D eigenvalue weighted by atomic mass is 28.4. The SMILES string of the molecule is CN(C)CC(C)(C)CN(C(=O)OCc1ccccc1)c1nc(F)c2c(c1OCc1ccccc1)C(=O)C1C(=O)[C@]3(O[Si](C)(C)C(C)(C)C)C(=O)c4c(OCc5ccccc5)noc4[C@@H](N(C)C)[C@@H]3C[C@@H]1C2. The molecule has 0 saturated heterocycles. The fourth-order valence-electron chi connectivity index (χ4n) is 10.5. The average Bonchev–Trinajstić information content (AvgIpc) is 3.73. The molecule has 376 valence electrons. The van der Waals surface area contributed by atoms with Gasteiger partial charge in [0.25, 0.3) is 5.88 Å². The van der Waals surface area contributed by atoms with Gasteiger partial charge in [-0.05, 0) is 92.3 Å². The third-order valence-corrected chi connectivity index (χ3v) is 19.0. The van der Waals surface area contributed by atoms with Gasteiger partial charge in [0.2, 0.25) is 11.7 Å². The van der Waals surface area contributed by atoms with Crippen LogP contribution in [0.15, 0.2) is 95.5 Å². The molecule has 2 heterocycles. The number of fused-ring (bicyclic) bond motifs is 4. The van der Waals surface area contributed by atoms with E-state index in [2.05, 4.69) is 10.1 Å². The maximum absolute atomic E-state index is 17.3. The summed E-state index contributed by atoms with van der Waals surface area (Å²) in [5, 5.41) is 3.79. The molecule has 1 fully saturated rings. The fourth-order valence-corrected chi connectivity index (χ4v) is 11.9. The van der Waals surface area contributed by atoms with Crippen LogP contribution in [0.2, 0.25) is 18.1 Å². The number of carbonyl (C=O) groups is 4. The van der Waals surface area contributed by atoms with E-state index in [1.807, 2.05) is 177 Å². The standard InChI is InChI=1S/C55H66FN5O9Si/c1-53(2,3)71(10,11)70-55-39(43(60(8)9)45-42(48(55)64)51(58-69-45)67-30-35-23-17-13-18-24-35)28-37-27-38-41(44(62)40(37)47(55)63)46(66-29-34-21-15-12-16-22-34)50(57-49(38)56)61(33-54(4,5)32-59(6)7)52(65)68-31-36-25-19-14-20-26-36/h12-26,37,39-40,43H,27-33H2,1-11H3/t37-,39-,40?,43-,55-/m0/s1. The zero-order valence-electron chi connectivity index (χ0n) is 42.7. The first-order chi connectivity index (χ1) is 33.5. The van der Waals surface area contributed by atoms with E-state index in [4.69, 9.17) is 23.2 Å². The smallest absolute Gasteiger partial charge is 0.415 e. The van der Waals surface area contributed by atoms with Crippen molar-refractivity contribution in [2.24, 2.45) is 23.2 Å². The minimum absolute atomic E-state index is 0.0144. The summed E-state index contributed by atoms with van der Waals surface area (Å²) in [6.07, 6.45) is -0.837. The fraction of sp³-hybridized carbons (Fsp3) is 0.455. The molecule has 0 spiro atoms. The van der Waals surface area contributed by atoms with E-state index in [1.165, 1.54) is 4.90 Å². The van der Waals surface area contributed by atoms with Crippen molar-refractivity contribution in [3.05, 3.63) is 136 Å². The summed E-state index contributed by atoms with van der Waals surface area (Å²) >= 11 is 0. The third kappa shape index (κ3) is 9.96. The Morgan fingerprint density at radius 3 is 1.92 bits per heavy atom. The molecular weight excluding hydrogens is 922 g/mol. The Morgan fingerprint density at radius 2 is 1.37 bits per heavy atom. The summed E-state index contributed by atoms with van der Waals surface area (Å²) in [4.78, 5) is 72.1. The Labute approximate surface area is 416 Å². The Balaban J connectivity index is 1.29. The van der Waals surface area contributed by atoms with Gasteiger partial charge in [-0.25, -0.2) is 4.79 Å². The van der Waals surface area contributed by atoms with Crippen molar-refractivity contribution in [1.82, 2.24) is 19.9 Å². The molecular formula is C55H66FN5O9Si. The molecule has 0 bridgehead atoms. The van der Waals surface area contributed by atoms with Gasteiger partial charge in [0.1, 0.15) is 25.4 Å². The van der Waals surface area contributed by atoms with E-state index in [0.29, 0.717) is 6.54 Å². The predicted molar refractivity (Wildman–Crippen MR) is 268 cm³/mol. The van der Waals surface area contributed by atoms with E-state index in [1.54, 1.807) is 0 Å². The third-order valence-electron chi connectivity index (χ3n) is 14.5. The van der Waals surface area contributed by atoms with E-state index < -0.39 is 77.6 Å². The Morgan fingerprint density at radius 1 is 0.803 bits per heavy atom. The molecule has 16 heteroatoms. The summed E-state index contributed by atoms with van der Waals surface area (Å²) in [6.45, 7) is 14.3. The van der Waals surface area contributed by atoms with Crippen molar-refractivity contribution < 1.29 is 46.7 Å². The van der Waals surface area contributed by atoms with Crippen LogP contribution in [0.25, 0.3) is 0 Å². The topological polar surface area (TPSA) is 154 Å². The Bertz CT molecular complexity index is 2780. The van der Waals surface area contributed by atoms with Crippen molar-refractivity contribution in [2.75, 3.05) is 46.2 Å². The molecule has 8 rings (SSSR count). The van der Waals surface area contributed by atoms with Gasteiger partial charge in [-0.1, -0.05) is 126 Å². The van der Waals surface area contributed by atoms with Crippen molar-refractivity contribution >= 4 is 37.6 Å². The van der Waals surface area contributed by atoms with Crippen LogP contribution in [-0.4, -0.2) is 98.6 Å². The van der Waals surface area contributed by atoms with Crippen molar-refractivity contribution in [3.8, 4) is 11.6 Å². The summed E-state index contributed by atoms with van der Waals surface area (Å²) in [7, 11) is 4.38. The number of pyridine rings is 1. The lowest BCUT2D eigenvalue weighted by Gasteiger charge is -2.56. The molecule has 1 saturated carbocycles. The summed E-state index contributed by atoms with van der Waals surface area (Å²) in [6, 6.07) is 27.0. The van der Waals surface area contributed by atoms with Gasteiger partial charge >= 0.3 is 6.09 Å². The maximum atomic E-state index is 17.3. The predicted octanol–water partition coefficient (Wildman–Crippen LogP) is 9.92. The highest BCUT2D eigenvalue weighted by Crippen LogP contribution is 2.59. The Kier molecular flexibility index (Phi) is 14.3. The number of rotatable bonds is 16. The van der Waals surface area contributed by atoms with Gasteiger partial charge in [0.15, 0.2) is 42.8 Å². The monoisotopic (exact) mass is 987 g/mol. The number of Topliss-reactive ketones (excluding diaryl/α,β-unsaturated/α-hetero) is 3. The van der Waals surface area contributed by atoms with Gasteiger partial charge in [-0.3, -0.25) is 24.2 Å². The number of hydrogen-bond acceptors (Lipinski definition) is 13. The number of carbonyl (C=O) groups excluding carboxylic acids is 4. The first kappa shape index (κ1) is 51.3. The van der Waals surface area contributed by atoms with Gasteiger partial charge < -0.3 is 28.1 Å². The first-order valence-corrected chi connectivity index (χ1v) is 27.1. The van der Waals surface area contributed by atoms with Crippen LogP contribution >= 0.6 is 0 Å². The van der Waals surface area contributed by atoms with Gasteiger partial charge in [-0.15, -0.1) is 0 Å². The number of nitrogens with zero attached hydrogens (tertiary/aromatic N) is 5. The van der Waals surface area contributed by atoms with Crippen LogP contribution < -0.4 is 14.4 Å². The largest absolute Gasteiger partial charge is 0.484 e. The molecule has 3 aromatic carbocycles. The lowest BCUT2D eigenvalue weighted by Crippen LogP contribution is -2.70. The van der Waals surface area contributed by atoms with Crippen LogP contribution in [0.1, 0.15) is 95.8 Å². The van der Waals surface area contributed by atoms with Crippen molar-refractivity contribution in [3.63, 3.8) is 0 Å². The van der Waals surface area contributed by atoms with E-state index in [-0.39, 0.29) is 79.1 Å². The molecule has 0 N–H and O–H groups in total. The van der Waals surface area contributed by atoms with Crippen LogP contribution in [0.3, 0.4) is 0 Å². The minimum Gasteiger partial charge on any atom is -0.484 e. The molecule has 1 amide bonds. The number of aromatic nitrogens is 2. The van der Waals surface area contributed by atoms with Gasteiger partial charge in [0.05, 0.1) is 17.5 Å². The van der Waals surface area contributed by atoms with Crippen LogP contribution in [0.5, 0.6) is 11.6 Å². The second-order valence-electron chi connectivity index (χ2n) is 22.1. The molecule has 2 aromatic heterocycles. The number of hydrogen-bond donors (Lipinski definition) is 0. The molecule has 3 aliphatic carbocycles. The molecule has 71 heavy (non-hydrogen) atoms. The lowest BCUT2D eigenvalue weighted by atomic mass is 9.54. The highest BCUT2D eigenvalue weighted by Gasteiger charge is 2.70. The number of benzene rings is 3. The quantitative estimate of drug-likeness (QED) is 0.0524. The molecule has 5 aromatic rings. The van der Waals surface area contributed by atoms with Crippen molar-refractivity contribution in [1.29, 1.82) is 0 Å². The molecule has 0 aliphatic heterocycles. The van der Waals surface area contributed by atoms with Crippen LogP contribution in [0, 0.1) is 29.1 Å².